The lowest BCUT2D eigenvalue weighted by Crippen LogP contribution is -2.49. The monoisotopic (exact) mass is 249 g/mol. The molecule has 0 aromatic carbocycles. The zero-order valence-corrected chi connectivity index (χ0v) is 11.6. The van der Waals surface area contributed by atoms with Crippen LogP contribution in [0.3, 0.4) is 0 Å². The summed E-state index contributed by atoms with van der Waals surface area (Å²) >= 11 is 0. The quantitative estimate of drug-likeness (QED) is 0.874. The second kappa shape index (κ2) is 6.00. The van der Waals surface area contributed by atoms with Crippen LogP contribution in [0.5, 0.6) is 0 Å². The molecule has 1 N–H and O–H groups in total. The molecule has 0 amide bonds. The molecule has 1 fully saturated rings. The SMILES string of the molecule is CCC(C)N1CCN(c2cncc(NC)n2)CC1. The summed E-state index contributed by atoms with van der Waals surface area (Å²) in [6.07, 6.45) is 4.81. The maximum absolute atomic E-state index is 4.54. The Balaban J connectivity index is 1.96. The molecule has 1 aliphatic heterocycles. The van der Waals surface area contributed by atoms with Gasteiger partial charge in [0.2, 0.25) is 0 Å². The van der Waals surface area contributed by atoms with E-state index in [1.165, 1.54) is 6.42 Å². The van der Waals surface area contributed by atoms with Crippen molar-refractivity contribution in [2.75, 3.05) is 43.4 Å². The van der Waals surface area contributed by atoms with E-state index in [2.05, 4.69) is 38.9 Å². The Hall–Kier alpha value is -1.36. The van der Waals surface area contributed by atoms with Crippen LogP contribution in [0.25, 0.3) is 0 Å². The molecule has 100 valence electrons. The Kier molecular flexibility index (Phi) is 4.36. The van der Waals surface area contributed by atoms with Crippen molar-refractivity contribution in [2.24, 2.45) is 0 Å². The van der Waals surface area contributed by atoms with Crippen LogP contribution in [0, 0.1) is 0 Å². The van der Waals surface area contributed by atoms with Crippen molar-refractivity contribution in [2.45, 2.75) is 26.3 Å². The summed E-state index contributed by atoms with van der Waals surface area (Å²) < 4.78 is 0. The minimum atomic E-state index is 0.682. The third-order valence-electron chi connectivity index (χ3n) is 3.73. The fraction of sp³-hybridized carbons (Fsp3) is 0.692. The van der Waals surface area contributed by atoms with Gasteiger partial charge in [-0.15, -0.1) is 0 Å². The Bertz CT molecular complexity index is 373. The van der Waals surface area contributed by atoms with Crippen LogP contribution in [0.15, 0.2) is 12.4 Å². The third kappa shape index (κ3) is 2.90. The van der Waals surface area contributed by atoms with Gasteiger partial charge in [0, 0.05) is 39.3 Å². The minimum absolute atomic E-state index is 0.682. The van der Waals surface area contributed by atoms with E-state index in [4.69, 9.17) is 0 Å². The van der Waals surface area contributed by atoms with E-state index in [1.54, 1.807) is 6.20 Å². The molecule has 2 rings (SSSR count). The summed E-state index contributed by atoms with van der Waals surface area (Å²) in [6, 6.07) is 0.682. The van der Waals surface area contributed by atoms with Crippen LogP contribution in [0.4, 0.5) is 11.6 Å². The summed E-state index contributed by atoms with van der Waals surface area (Å²) in [5.74, 6) is 1.81. The molecule has 18 heavy (non-hydrogen) atoms. The summed E-state index contributed by atoms with van der Waals surface area (Å²) in [4.78, 5) is 13.6. The van der Waals surface area contributed by atoms with Gasteiger partial charge < -0.3 is 10.2 Å². The predicted molar refractivity (Wildman–Crippen MR) is 75.1 cm³/mol. The fourth-order valence-corrected chi connectivity index (χ4v) is 2.28. The second-order valence-electron chi connectivity index (χ2n) is 4.79. The first-order valence-electron chi connectivity index (χ1n) is 6.73. The lowest BCUT2D eigenvalue weighted by molar-refractivity contribution is 0.192. The molecule has 1 aliphatic rings. The topological polar surface area (TPSA) is 44.3 Å². The van der Waals surface area contributed by atoms with Crippen molar-refractivity contribution < 1.29 is 0 Å². The van der Waals surface area contributed by atoms with E-state index < -0.39 is 0 Å². The molecule has 0 radical (unpaired) electrons. The summed E-state index contributed by atoms with van der Waals surface area (Å²) in [5.41, 5.74) is 0. The molecule has 1 aromatic heterocycles. The average molecular weight is 249 g/mol. The van der Waals surface area contributed by atoms with Crippen molar-refractivity contribution in [1.82, 2.24) is 14.9 Å². The molecular formula is C13H23N5. The summed E-state index contributed by atoms with van der Waals surface area (Å²) in [6.45, 7) is 8.84. The molecular weight excluding hydrogens is 226 g/mol. The predicted octanol–water partition coefficient (Wildman–Crippen LogP) is 1.44. The van der Waals surface area contributed by atoms with Crippen molar-refractivity contribution in [3.63, 3.8) is 0 Å². The average Bonchev–Trinajstić information content (AvgIpc) is 2.46. The molecule has 0 aliphatic carbocycles. The number of piperazine rings is 1. The summed E-state index contributed by atoms with van der Waals surface area (Å²) in [5, 5.41) is 3.03. The molecule has 1 saturated heterocycles. The van der Waals surface area contributed by atoms with E-state index in [0.717, 1.165) is 37.8 Å². The van der Waals surface area contributed by atoms with E-state index in [1.807, 2.05) is 13.2 Å². The van der Waals surface area contributed by atoms with Gasteiger partial charge in [0.15, 0.2) is 0 Å². The van der Waals surface area contributed by atoms with Crippen molar-refractivity contribution in [1.29, 1.82) is 0 Å². The molecule has 5 nitrogen and oxygen atoms in total. The minimum Gasteiger partial charge on any atom is -0.372 e. The van der Waals surface area contributed by atoms with Gasteiger partial charge in [0.25, 0.3) is 0 Å². The Morgan fingerprint density at radius 2 is 2.00 bits per heavy atom. The molecule has 0 saturated carbocycles. The van der Waals surface area contributed by atoms with Crippen LogP contribution in [-0.4, -0.2) is 54.1 Å². The number of aromatic nitrogens is 2. The molecule has 1 aromatic rings. The van der Waals surface area contributed by atoms with Crippen molar-refractivity contribution in [3.8, 4) is 0 Å². The molecule has 0 spiro atoms. The van der Waals surface area contributed by atoms with Crippen molar-refractivity contribution in [3.05, 3.63) is 12.4 Å². The lowest BCUT2D eigenvalue weighted by atomic mass is 10.2. The van der Waals surface area contributed by atoms with Gasteiger partial charge in [-0.05, 0) is 13.3 Å². The highest BCUT2D eigenvalue weighted by Gasteiger charge is 2.21. The maximum Gasteiger partial charge on any atom is 0.149 e. The van der Waals surface area contributed by atoms with Crippen LogP contribution in [0.1, 0.15) is 20.3 Å². The number of rotatable bonds is 4. The lowest BCUT2D eigenvalue weighted by Gasteiger charge is -2.38. The van der Waals surface area contributed by atoms with Gasteiger partial charge in [-0.1, -0.05) is 6.92 Å². The largest absolute Gasteiger partial charge is 0.372 e. The van der Waals surface area contributed by atoms with Gasteiger partial charge in [0.05, 0.1) is 12.4 Å². The molecule has 1 unspecified atom stereocenters. The summed E-state index contributed by atoms with van der Waals surface area (Å²) in [7, 11) is 1.87. The van der Waals surface area contributed by atoms with Gasteiger partial charge in [-0.3, -0.25) is 9.88 Å². The number of anilines is 2. The third-order valence-corrected chi connectivity index (χ3v) is 3.73. The van der Waals surface area contributed by atoms with Crippen LogP contribution >= 0.6 is 0 Å². The van der Waals surface area contributed by atoms with Gasteiger partial charge in [-0.25, -0.2) is 4.98 Å². The molecule has 5 heteroatoms. The first-order chi connectivity index (χ1) is 8.74. The zero-order valence-electron chi connectivity index (χ0n) is 11.6. The van der Waals surface area contributed by atoms with E-state index in [-0.39, 0.29) is 0 Å². The number of nitrogens with zero attached hydrogens (tertiary/aromatic N) is 4. The molecule has 1 atom stereocenters. The second-order valence-corrected chi connectivity index (χ2v) is 4.79. The van der Waals surface area contributed by atoms with Crippen molar-refractivity contribution >= 4 is 11.6 Å². The zero-order chi connectivity index (χ0) is 13.0. The van der Waals surface area contributed by atoms with E-state index in [9.17, 15) is 0 Å². The fourth-order valence-electron chi connectivity index (χ4n) is 2.28. The highest BCUT2D eigenvalue weighted by Crippen LogP contribution is 2.16. The smallest absolute Gasteiger partial charge is 0.149 e. The van der Waals surface area contributed by atoms with Crippen LogP contribution in [-0.2, 0) is 0 Å². The molecule has 0 bridgehead atoms. The van der Waals surface area contributed by atoms with Crippen LogP contribution in [0.2, 0.25) is 0 Å². The van der Waals surface area contributed by atoms with E-state index >= 15 is 0 Å². The first kappa shape index (κ1) is 13.1. The first-order valence-corrected chi connectivity index (χ1v) is 6.73. The number of nitrogens with one attached hydrogen (secondary N) is 1. The Morgan fingerprint density at radius 1 is 1.28 bits per heavy atom. The molecule has 2 heterocycles. The normalized spacial score (nSPS) is 18.7. The van der Waals surface area contributed by atoms with Crippen LogP contribution < -0.4 is 10.2 Å². The Morgan fingerprint density at radius 3 is 2.61 bits per heavy atom. The van der Waals surface area contributed by atoms with Gasteiger partial charge in [-0.2, -0.15) is 0 Å². The maximum atomic E-state index is 4.54. The standard InChI is InChI=1S/C13H23N5/c1-4-11(2)17-5-7-18(8-6-17)13-10-15-9-12(14-3)16-13/h9-11H,4-8H2,1-3H3,(H,14,16). The van der Waals surface area contributed by atoms with Gasteiger partial charge in [0.1, 0.15) is 11.6 Å². The van der Waals surface area contributed by atoms with E-state index in [0.29, 0.717) is 6.04 Å². The highest BCUT2D eigenvalue weighted by atomic mass is 15.3. The number of hydrogen-bond acceptors (Lipinski definition) is 5. The Labute approximate surface area is 109 Å². The van der Waals surface area contributed by atoms with Gasteiger partial charge >= 0.3 is 0 Å². The number of hydrogen-bond donors (Lipinski definition) is 1. The highest BCUT2D eigenvalue weighted by molar-refractivity contribution is 5.43.